The first-order valence-electron chi connectivity index (χ1n) is 8.34. The summed E-state index contributed by atoms with van der Waals surface area (Å²) in [4.78, 5) is 12.0. The van der Waals surface area contributed by atoms with Crippen LogP contribution < -0.4 is 16.0 Å². The first-order chi connectivity index (χ1) is 11.8. The summed E-state index contributed by atoms with van der Waals surface area (Å²) in [5, 5.41) is 10.5. The third-order valence-corrected chi connectivity index (χ3v) is 4.55. The van der Waals surface area contributed by atoms with E-state index in [2.05, 4.69) is 22.0 Å². The Bertz CT molecular complexity index is 703. The van der Waals surface area contributed by atoms with Gasteiger partial charge in [0.15, 0.2) is 0 Å². The highest BCUT2D eigenvalue weighted by Gasteiger charge is 2.14. The third kappa shape index (κ3) is 4.08. The molecule has 0 bridgehead atoms. The van der Waals surface area contributed by atoms with E-state index in [4.69, 9.17) is 11.6 Å². The minimum atomic E-state index is -0.0559. The molecule has 1 amide bonds. The van der Waals surface area contributed by atoms with Crippen LogP contribution in [0.25, 0.3) is 0 Å². The van der Waals surface area contributed by atoms with E-state index in [-0.39, 0.29) is 5.91 Å². The summed E-state index contributed by atoms with van der Waals surface area (Å²) in [5.74, 6) is -0.0559. The van der Waals surface area contributed by atoms with Gasteiger partial charge in [-0.2, -0.15) is 0 Å². The van der Waals surface area contributed by atoms with Crippen molar-refractivity contribution < 1.29 is 4.79 Å². The molecule has 0 aromatic heterocycles. The van der Waals surface area contributed by atoms with Gasteiger partial charge in [-0.15, -0.1) is 0 Å². The number of benzene rings is 2. The van der Waals surface area contributed by atoms with Gasteiger partial charge in [-0.1, -0.05) is 35.9 Å². The molecule has 4 nitrogen and oxygen atoms in total. The zero-order valence-electron chi connectivity index (χ0n) is 13.6. The molecule has 24 heavy (non-hydrogen) atoms. The maximum atomic E-state index is 12.0. The Hall–Kier alpha value is -2.04. The van der Waals surface area contributed by atoms with Crippen molar-refractivity contribution in [2.75, 3.05) is 31.5 Å². The van der Waals surface area contributed by atoms with Gasteiger partial charge in [-0.05, 0) is 55.3 Å². The largest absolute Gasteiger partial charge is 0.382 e. The second kappa shape index (κ2) is 8.18. The highest BCUT2D eigenvalue weighted by Crippen LogP contribution is 2.30. The molecular formula is C19H22ClN3O. The Labute approximate surface area is 147 Å². The molecule has 5 heteroatoms. The number of amides is 1. The number of fused-ring (bicyclic) bond motifs is 1. The Morgan fingerprint density at radius 2 is 1.83 bits per heavy atom. The minimum Gasteiger partial charge on any atom is -0.382 e. The zero-order chi connectivity index (χ0) is 16.8. The van der Waals surface area contributed by atoms with E-state index in [0.29, 0.717) is 18.7 Å². The molecule has 3 rings (SSSR count). The van der Waals surface area contributed by atoms with Crippen LogP contribution in [0.15, 0.2) is 42.5 Å². The van der Waals surface area contributed by atoms with Crippen LogP contribution in [0.3, 0.4) is 0 Å². The molecule has 0 spiro atoms. The summed E-state index contributed by atoms with van der Waals surface area (Å²) in [6, 6.07) is 13.3. The van der Waals surface area contributed by atoms with E-state index in [1.165, 1.54) is 11.1 Å². The molecule has 0 unspecified atom stereocenters. The second-order valence-corrected chi connectivity index (χ2v) is 6.27. The fourth-order valence-electron chi connectivity index (χ4n) is 2.99. The van der Waals surface area contributed by atoms with Crippen LogP contribution in [-0.4, -0.2) is 32.1 Å². The van der Waals surface area contributed by atoms with Crippen molar-refractivity contribution in [3.8, 4) is 0 Å². The molecule has 0 saturated carbocycles. The average molecular weight is 344 g/mol. The molecule has 0 fully saturated rings. The third-order valence-electron chi connectivity index (χ3n) is 4.23. The predicted octanol–water partition coefficient (Wildman–Crippen LogP) is 2.87. The van der Waals surface area contributed by atoms with Crippen LogP contribution in [0.1, 0.15) is 21.5 Å². The summed E-state index contributed by atoms with van der Waals surface area (Å²) < 4.78 is 0. The van der Waals surface area contributed by atoms with Gasteiger partial charge in [-0.3, -0.25) is 4.79 Å². The van der Waals surface area contributed by atoms with Gasteiger partial charge in [-0.25, -0.2) is 0 Å². The van der Waals surface area contributed by atoms with Crippen molar-refractivity contribution in [2.24, 2.45) is 0 Å². The second-order valence-electron chi connectivity index (χ2n) is 5.86. The van der Waals surface area contributed by atoms with Crippen molar-refractivity contribution in [1.29, 1.82) is 0 Å². The first-order valence-corrected chi connectivity index (χ1v) is 8.71. The number of anilines is 1. The van der Waals surface area contributed by atoms with Crippen molar-refractivity contribution in [3.05, 3.63) is 64.2 Å². The first kappa shape index (κ1) is 16.8. The molecule has 126 valence electrons. The number of rotatable bonds is 5. The standard InChI is InChI=1S/C19H22ClN3O/c20-17-7-6-14-8-10-21-11-9-16(14)18(17)22-12-13-23-19(24)15-4-2-1-3-5-15/h1-7,21-22H,8-13H2,(H,23,24). The van der Waals surface area contributed by atoms with Gasteiger partial charge < -0.3 is 16.0 Å². The minimum absolute atomic E-state index is 0.0559. The average Bonchev–Trinajstić information content (AvgIpc) is 2.86. The Morgan fingerprint density at radius 3 is 2.67 bits per heavy atom. The molecule has 0 radical (unpaired) electrons. The lowest BCUT2D eigenvalue weighted by molar-refractivity contribution is 0.0955. The number of hydrogen-bond donors (Lipinski definition) is 3. The molecule has 0 atom stereocenters. The fourth-order valence-corrected chi connectivity index (χ4v) is 3.23. The lowest BCUT2D eigenvalue weighted by Crippen LogP contribution is -2.29. The summed E-state index contributed by atoms with van der Waals surface area (Å²) >= 11 is 6.38. The van der Waals surface area contributed by atoms with Gasteiger partial charge in [0, 0.05) is 18.7 Å². The van der Waals surface area contributed by atoms with Crippen LogP contribution in [0.5, 0.6) is 0 Å². The topological polar surface area (TPSA) is 53.2 Å². The van der Waals surface area contributed by atoms with Gasteiger partial charge in [0.2, 0.25) is 0 Å². The maximum Gasteiger partial charge on any atom is 0.251 e. The molecule has 1 aliphatic rings. The summed E-state index contributed by atoms with van der Waals surface area (Å²) in [5.41, 5.74) is 4.32. The molecule has 3 N–H and O–H groups in total. The molecule has 0 aliphatic carbocycles. The summed E-state index contributed by atoms with van der Waals surface area (Å²) in [6.45, 7) is 3.15. The van der Waals surface area contributed by atoms with E-state index in [0.717, 1.165) is 36.6 Å². The van der Waals surface area contributed by atoms with Crippen molar-refractivity contribution in [2.45, 2.75) is 12.8 Å². The predicted molar refractivity (Wildman–Crippen MR) is 99.0 cm³/mol. The summed E-state index contributed by atoms with van der Waals surface area (Å²) in [7, 11) is 0. The van der Waals surface area contributed by atoms with E-state index in [1.54, 1.807) is 0 Å². The van der Waals surface area contributed by atoms with E-state index in [9.17, 15) is 4.79 Å². The smallest absolute Gasteiger partial charge is 0.251 e. The lowest BCUT2D eigenvalue weighted by Gasteiger charge is -2.16. The van der Waals surface area contributed by atoms with Crippen molar-refractivity contribution in [1.82, 2.24) is 10.6 Å². The zero-order valence-corrected chi connectivity index (χ0v) is 14.3. The van der Waals surface area contributed by atoms with Gasteiger partial charge in [0.05, 0.1) is 10.7 Å². The van der Waals surface area contributed by atoms with Gasteiger partial charge in [0.1, 0.15) is 0 Å². The Morgan fingerprint density at radius 1 is 1.04 bits per heavy atom. The van der Waals surface area contributed by atoms with E-state index in [1.807, 2.05) is 36.4 Å². The van der Waals surface area contributed by atoms with Crippen LogP contribution in [-0.2, 0) is 12.8 Å². The van der Waals surface area contributed by atoms with E-state index < -0.39 is 0 Å². The Balaban J connectivity index is 1.58. The monoisotopic (exact) mass is 343 g/mol. The Kier molecular flexibility index (Phi) is 5.72. The number of hydrogen-bond acceptors (Lipinski definition) is 3. The normalized spacial score (nSPS) is 13.7. The number of carbonyl (C=O) groups excluding carboxylic acids is 1. The molecular weight excluding hydrogens is 322 g/mol. The van der Waals surface area contributed by atoms with Gasteiger partial charge in [0.25, 0.3) is 5.91 Å². The quantitative estimate of drug-likeness (QED) is 0.732. The number of halogens is 1. The SMILES string of the molecule is O=C(NCCNc1c(Cl)ccc2c1CCNCC2)c1ccccc1. The maximum absolute atomic E-state index is 12.0. The fraction of sp³-hybridized carbons (Fsp3) is 0.316. The molecule has 2 aromatic rings. The lowest BCUT2D eigenvalue weighted by atomic mass is 10.0. The molecule has 2 aromatic carbocycles. The van der Waals surface area contributed by atoms with Gasteiger partial charge >= 0.3 is 0 Å². The van der Waals surface area contributed by atoms with Crippen LogP contribution in [0.4, 0.5) is 5.69 Å². The molecule has 1 heterocycles. The van der Waals surface area contributed by atoms with Crippen LogP contribution in [0, 0.1) is 0 Å². The van der Waals surface area contributed by atoms with Crippen molar-refractivity contribution in [3.63, 3.8) is 0 Å². The van der Waals surface area contributed by atoms with Crippen LogP contribution >= 0.6 is 11.6 Å². The number of carbonyl (C=O) groups is 1. The van der Waals surface area contributed by atoms with Crippen LogP contribution in [0.2, 0.25) is 5.02 Å². The van der Waals surface area contributed by atoms with E-state index >= 15 is 0 Å². The molecule has 1 aliphatic heterocycles. The van der Waals surface area contributed by atoms with Crippen molar-refractivity contribution >= 4 is 23.2 Å². The number of nitrogens with one attached hydrogen (secondary N) is 3. The highest BCUT2D eigenvalue weighted by molar-refractivity contribution is 6.33. The summed E-state index contributed by atoms with van der Waals surface area (Å²) in [6.07, 6.45) is 1.99. The molecule has 0 saturated heterocycles. The highest BCUT2D eigenvalue weighted by atomic mass is 35.5.